The molecular formula is C8H14O5. The van der Waals surface area contributed by atoms with Crippen LogP contribution in [-0.2, 0) is 4.74 Å². The van der Waals surface area contributed by atoms with Crippen molar-refractivity contribution in [2.75, 3.05) is 0 Å². The second-order valence-corrected chi connectivity index (χ2v) is 3.31. The molecule has 0 unspecified atom stereocenters. The lowest BCUT2D eigenvalue weighted by Gasteiger charge is -2.14. The minimum atomic E-state index is -1.44. The van der Waals surface area contributed by atoms with E-state index in [1.165, 1.54) is 0 Å². The predicted molar refractivity (Wildman–Crippen MR) is 43.9 cm³/mol. The van der Waals surface area contributed by atoms with Gasteiger partial charge in [0.05, 0.1) is 0 Å². The molecule has 0 spiro atoms. The lowest BCUT2D eigenvalue weighted by atomic mass is 10.1. The summed E-state index contributed by atoms with van der Waals surface area (Å²) in [7, 11) is 0. The molecular weight excluding hydrogens is 176 g/mol. The lowest BCUT2D eigenvalue weighted by molar-refractivity contribution is -0.125. The van der Waals surface area contributed by atoms with Gasteiger partial charge in [0.2, 0.25) is 0 Å². The van der Waals surface area contributed by atoms with Crippen molar-refractivity contribution in [2.45, 2.75) is 38.4 Å². The molecule has 1 aliphatic heterocycles. The van der Waals surface area contributed by atoms with Crippen LogP contribution in [0, 0.1) is 0 Å². The highest BCUT2D eigenvalue weighted by atomic mass is 16.6. The second kappa shape index (κ2) is 3.63. The van der Waals surface area contributed by atoms with Crippen LogP contribution in [0.4, 0.5) is 0 Å². The van der Waals surface area contributed by atoms with Crippen molar-refractivity contribution in [3.05, 3.63) is 11.3 Å². The molecule has 0 bridgehead atoms. The highest BCUT2D eigenvalue weighted by Crippen LogP contribution is 2.25. The normalized spacial score (nSPS) is 39.2. The standard InChI is InChI=1S/C8H14O5/c1-3(2)4(9)7-5(10)6(11)8(12)13-7/h5-12H,1-2H3/t5-,6+,7+,8-/m0/s1. The van der Waals surface area contributed by atoms with Crippen LogP contribution in [0.1, 0.15) is 13.8 Å². The van der Waals surface area contributed by atoms with E-state index in [2.05, 4.69) is 0 Å². The zero-order valence-corrected chi connectivity index (χ0v) is 7.51. The monoisotopic (exact) mass is 190 g/mol. The first-order valence-electron chi connectivity index (χ1n) is 4.01. The van der Waals surface area contributed by atoms with Gasteiger partial charge >= 0.3 is 0 Å². The maximum absolute atomic E-state index is 9.40. The van der Waals surface area contributed by atoms with Gasteiger partial charge in [-0.25, -0.2) is 0 Å². The Kier molecular flexibility index (Phi) is 2.92. The molecule has 0 saturated carbocycles. The van der Waals surface area contributed by atoms with E-state index in [0.29, 0.717) is 5.57 Å². The number of aliphatic hydroxyl groups is 4. The van der Waals surface area contributed by atoms with E-state index < -0.39 is 24.6 Å². The van der Waals surface area contributed by atoms with Crippen LogP contribution in [0.3, 0.4) is 0 Å². The number of rotatable bonds is 1. The number of allylic oxidation sites excluding steroid dienone is 1. The molecule has 4 N–H and O–H groups in total. The van der Waals surface area contributed by atoms with Gasteiger partial charge in [-0.2, -0.15) is 0 Å². The van der Waals surface area contributed by atoms with Gasteiger partial charge in [-0.05, 0) is 19.4 Å². The topological polar surface area (TPSA) is 90.2 Å². The average Bonchev–Trinajstić information content (AvgIpc) is 2.31. The first kappa shape index (κ1) is 10.5. The molecule has 5 heteroatoms. The van der Waals surface area contributed by atoms with Gasteiger partial charge in [0.25, 0.3) is 0 Å². The average molecular weight is 190 g/mol. The molecule has 5 nitrogen and oxygen atoms in total. The summed E-state index contributed by atoms with van der Waals surface area (Å²) in [5.41, 5.74) is 0.574. The fourth-order valence-electron chi connectivity index (χ4n) is 1.17. The van der Waals surface area contributed by atoms with E-state index in [1.54, 1.807) is 13.8 Å². The SMILES string of the molecule is CC(C)=C(O)[C@H]1O[C@H](O)[C@H](O)[C@@H]1O. The molecule has 76 valence electrons. The number of hydrogen-bond acceptors (Lipinski definition) is 5. The zero-order chi connectivity index (χ0) is 10.2. The molecule has 13 heavy (non-hydrogen) atoms. The Hall–Kier alpha value is -0.620. The third-order valence-corrected chi connectivity index (χ3v) is 2.02. The summed E-state index contributed by atoms with van der Waals surface area (Å²) in [6, 6.07) is 0. The lowest BCUT2D eigenvalue weighted by Crippen LogP contribution is -2.33. The summed E-state index contributed by atoms with van der Waals surface area (Å²) in [4.78, 5) is 0. The zero-order valence-electron chi connectivity index (χ0n) is 7.51. The van der Waals surface area contributed by atoms with Crippen LogP contribution in [-0.4, -0.2) is 45.0 Å². The third kappa shape index (κ3) is 1.83. The number of hydrogen-bond donors (Lipinski definition) is 4. The summed E-state index contributed by atoms with van der Waals surface area (Å²) < 4.78 is 4.76. The van der Waals surface area contributed by atoms with E-state index in [0.717, 1.165) is 0 Å². The highest BCUT2D eigenvalue weighted by molar-refractivity contribution is 5.11. The molecule has 0 aromatic carbocycles. The summed E-state index contributed by atoms with van der Waals surface area (Å²) in [5.74, 6) is -0.150. The van der Waals surface area contributed by atoms with E-state index in [4.69, 9.17) is 14.9 Å². The Morgan fingerprint density at radius 2 is 1.62 bits per heavy atom. The van der Waals surface area contributed by atoms with Crippen molar-refractivity contribution in [2.24, 2.45) is 0 Å². The quantitative estimate of drug-likeness (QED) is 0.409. The largest absolute Gasteiger partial charge is 0.510 e. The van der Waals surface area contributed by atoms with E-state index in [1.807, 2.05) is 0 Å². The molecule has 1 heterocycles. The van der Waals surface area contributed by atoms with E-state index >= 15 is 0 Å². The Morgan fingerprint density at radius 3 is 1.92 bits per heavy atom. The minimum Gasteiger partial charge on any atom is -0.510 e. The van der Waals surface area contributed by atoms with Gasteiger partial charge in [-0.3, -0.25) is 0 Å². The Balaban J connectivity index is 2.80. The molecule has 0 aromatic heterocycles. The van der Waals surface area contributed by atoms with Crippen molar-refractivity contribution < 1.29 is 25.2 Å². The van der Waals surface area contributed by atoms with Crippen molar-refractivity contribution in [3.63, 3.8) is 0 Å². The van der Waals surface area contributed by atoms with Crippen LogP contribution < -0.4 is 0 Å². The van der Waals surface area contributed by atoms with Crippen molar-refractivity contribution >= 4 is 0 Å². The maximum atomic E-state index is 9.40. The summed E-state index contributed by atoms with van der Waals surface area (Å²) >= 11 is 0. The van der Waals surface area contributed by atoms with Gasteiger partial charge < -0.3 is 25.2 Å². The summed E-state index contributed by atoms with van der Waals surface area (Å²) in [6.07, 6.45) is -5.13. The van der Waals surface area contributed by atoms with Crippen LogP contribution in [0.2, 0.25) is 0 Å². The Labute approximate surface area is 75.9 Å². The summed E-state index contributed by atoms with van der Waals surface area (Å²) in [5, 5.41) is 36.8. The van der Waals surface area contributed by atoms with Crippen LogP contribution >= 0.6 is 0 Å². The molecule has 0 aromatic rings. The maximum Gasteiger partial charge on any atom is 0.184 e. The third-order valence-electron chi connectivity index (χ3n) is 2.02. The molecule has 0 amide bonds. The van der Waals surface area contributed by atoms with Gasteiger partial charge in [0.1, 0.15) is 24.1 Å². The Bertz CT molecular complexity index is 221. The number of aliphatic hydroxyl groups excluding tert-OH is 4. The van der Waals surface area contributed by atoms with Crippen molar-refractivity contribution in [1.29, 1.82) is 0 Å². The second-order valence-electron chi connectivity index (χ2n) is 3.31. The molecule has 1 fully saturated rings. The van der Waals surface area contributed by atoms with Crippen LogP contribution in [0.5, 0.6) is 0 Å². The van der Waals surface area contributed by atoms with E-state index in [9.17, 15) is 10.2 Å². The van der Waals surface area contributed by atoms with Crippen molar-refractivity contribution in [3.8, 4) is 0 Å². The van der Waals surface area contributed by atoms with Crippen LogP contribution in [0.25, 0.3) is 0 Å². The van der Waals surface area contributed by atoms with Gasteiger partial charge in [-0.15, -0.1) is 0 Å². The van der Waals surface area contributed by atoms with Crippen LogP contribution in [0.15, 0.2) is 11.3 Å². The minimum absolute atomic E-state index is 0.150. The first-order chi connectivity index (χ1) is 5.95. The Morgan fingerprint density at radius 1 is 1.08 bits per heavy atom. The molecule has 1 rings (SSSR count). The van der Waals surface area contributed by atoms with Gasteiger partial charge in [0, 0.05) is 0 Å². The highest BCUT2D eigenvalue weighted by Gasteiger charge is 2.44. The molecule has 0 aliphatic carbocycles. The smallest absolute Gasteiger partial charge is 0.184 e. The molecule has 1 saturated heterocycles. The van der Waals surface area contributed by atoms with E-state index in [-0.39, 0.29) is 5.76 Å². The van der Waals surface area contributed by atoms with Gasteiger partial charge in [0.15, 0.2) is 6.29 Å². The fourth-order valence-corrected chi connectivity index (χ4v) is 1.17. The predicted octanol–water partition coefficient (Wildman–Crippen LogP) is -0.723. The number of ether oxygens (including phenoxy) is 1. The first-order valence-corrected chi connectivity index (χ1v) is 4.01. The molecule has 0 radical (unpaired) electrons. The van der Waals surface area contributed by atoms with Crippen molar-refractivity contribution in [1.82, 2.24) is 0 Å². The fraction of sp³-hybridized carbons (Fsp3) is 0.750. The molecule has 4 atom stereocenters. The summed E-state index contributed by atoms with van der Waals surface area (Å²) in [6.45, 7) is 3.28. The van der Waals surface area contributed by atoms with Gasteiger partial charge in [-0.1, -0.05) is 0 Å². The molecule has 1 aliphatic rings.